The first-order chi connectivity index (χ1) is 12.6. The Kier molecular flexibility index (Phi) is 6.28. The minimum atomic E-state index is 0.536. The third kappa shape index (κ3) is 5.08. The van der Waals surface area contributed by atoms with Gasteiger partial charge in [0.15, 0.2) is 0 Å². The van der Waals surface area contributed by atoms with Gasteiger partial charge in [-0.2, -0.15) is 4.98 Å². The number of nitrogens with one attached hydrogen (secondary N) is 2. The summed E-state index contributed by atoms with van der Waals surface area (Å²) < 4.78 is 5.49. The number of hydrogen-bond acceptors (Lipinski definition) is 6. The Morgan fingerprint density at radius 3 is 2.62 bits per heavy atom. The van der Waals surface area contributed by atoms with Crippen LogP contribution in [0.15, 0.2) is 24.3 Å². The van der Waals surface area contributed by atoms with Gasteiger partial charge in [-0.1, -0.05) is 19.3 Å². The van der Waals surface area contributed by atoms with Gasteiger partial charge in [-0.15, -0.1) is 0 Å². The molecule has 1 aliphatic carbocycles. The lowest BCUT2D eigenvalue weighted by Gasteiger charge is -2.15. The topological polar surface area (TPSA) is 85.1 Å². The zero-order valence-electron chi connectivity index (χ0n) is 15.7. The third-order valence-corrected chi connectivity index (χ3v) is 4.71. The summed E-state index contributed by atoms with van der Waals surface area (Å²) in [6.45, 7) is 2.72. The van der Waals surface area contributed by atoms with E-state index < -0.39 is 0 Å². The number of fused-ring (bicyclic) bond motifs is 1. The molecule has 4 rings (SSSR count). The number of anilines is 3. The first-order valence-corrected chi connectivity index (χ1v) is 9.46. The number of ether oxygens (including phenoxy) is 1. The van der Waals surface area contributed by atoms with Gasteiger partial charge < -0.3 is 21.1 Å². The predicted octanol–water partition coefficient (Wildman–Crippen LogP) is 3.78. The smallest absolute Gasteiger partial charge is 0.229 e. The van der Waals surface area contributed by atoms with Crippen molar-refractivity contribution in [2.45, 2.75) is 51.5 Å². The molecule has 2 aromatic rings. The molecule has 0 saturated heterocycles. The molecule has 4 N–H and O–H groups in total. The Hall–Kier alpha value is -2.34. The quantitative estimate of drug-likeness (QED) is 0.777. The summed E-state index contributed by atoms with van der Waals surface area (Å²) in [7, 11) is 1.85. The maximum atomic E-state index is 5.63. The molecule has 26 heavy (non-hydrogen) atoms. The van der Waals surface area contributed by atoms with Gasteiger partial charge in [-0.05, 0) is 43.5 Å². The highest BCUT2D eigenvalue weighted by Gasteiger charge is 2.12. The van der Waals surface area contributed by atoms with Crippen molar-refractivity contribution >= 4 is 17.5 Å². The fourth-order valence-corrected chi connectivity index (χ4v) is 3.28. The maximum absolute atomic E-state index is 5.63. The van der Waals surface area contributed by atoms with E-state index in [9.17, 15) is 0 Å². The van der Waals surface area contributed by atoms with Crippen molar-refractivity contribution in [1.82, 2.24) is 9.97 Å². The highest BCUT2D eigenvalue weighted by atomic mass is 16.5. The molecule has 6 heteroatoms. The second kappa shape index (κ2) is 8.85. The van der Waals surface area contributed by atoms with E-state index in [0.29, 0.717) is 12.0 Å². The van der Waals surface area contributed by atoms with Gasteiger partial charge in [0.1, 0.15) is 11.6 Å². The summed E-state index contributed by atoms with van der Waals surface area (Å²) in [5.74, 6) is 2.38. The molecule has 140 valence electrons. The summed E-state index contributed by atoms with van der Waals surface area (Å²) in [4.78, 5) is 8.75. The largest absolute Gasteiger partial charge is 0.493 e. The van der Waals surface area contributed by atoms with E-state index >= 15 is 0 Å². The van der Waals surface area contributed by atoms with E-state index in [4.69, 9.17) is 10.5 Å². The first kappa shape index (κ1) is 18.5. The molecular formula is C20H29N5O. The fraction of sp³-hybridized carbons (Fsp3) is 0.500. The lowest BCUT2D eigenvalue weighted by molar-refractivity contribution is 0.357. The van der Waals surface area contributed by atoms with E-state index in [0.717, 1.165) is 36.0 Å². The molecule has 0 atom stereocenters. The van der Waals surface area contributed by atoms with Crippen LogP contribution in [0.25, 0.3) is 0 Å². The van der Waals surface area contributed by atoms with Crippen molar-refractivity contribution in [2.75, 3.05) is 24.3 Å². The molecule has 2 heterocycles. The summed E-state index contributed by atoms with van der Waals surface area (Å²) >= 11 is 0. The van der Waals surface area contributed by atoms with Crippen LogP contribution < -0.4 is 21.1 Å². The Balaban J connectivity index is 0.000000236. The molecule has 0 unspecified atom stereocenters. The van der Waals surface area contributed by atoms with Crippen LogP contribution in [-0.4, -0.2) is 29.7 Å². The Bertz CT molecular complexity index is 728. The van der Waals surface area contributed by atoms with Gasteiger partial charge in [-0.3, -0.25) is 0 Å². The SMILES string of the molecule is CNc1cc(C)nc(Nc2ccc3c(c2)CCO3)n1.NC1CCCCC1. The van der Waals surface area contributed by atoms with Crippen LogP contribution in [0.1, 0.15) is 43.4 Å². The Morgan fingerprint density at radius 2 is 1.92 bits per heavy atom. The third-order valence-electron chi connectivity index (χ3n) is 4.71. The van der Waals surface area contributed by atoms with Gasteiger partial charge in [0, 0.05) is 37.0 Å². The van der Waals surface area contributed by atoms with Crippen molar-refractivity contribution in [3.8, 4) is 5.75 Å². The van der Waals surface area contributed by atoms with Crippen LogP contribution >= 0.6 is 0 Å². The molecule has 0 radical (unpaired) electrons. The fourth-order valence-electron chi connectivity index (χ4n) is 3.28. The highest BCUT2D eigenvalue weighted by Crippen LogP contribution is 2.28. The zero-order valence-corrected chi connectivity index (χ0v) is 15.7. The molecule has 1 aromatic carbocycles. The second-order valence-corrected chi connectivity index (χ2v) is 6.91. The monoisotopic (exact) mass is 355 g/mol. The van der Waals surface area contributed by atoms with E-state index in [-0.39, 0.29) is 0 Å². The number of aryl methyl sites for hydroxylation is 1. The minimum Gasteiger partial charge on any atom is -0.493 e. The molecule has 1 aliphatic heterocycles. The summed E-state index contributed by atoms with van der Waals surface area (Å²) in [5.41, 5.74) is 8.77. The van der Waals surface area contributed by atoms with E-state index in [1.165, 1.54) is 37.7 Å². The average Bonchev–Trinajstić information content (AvgIpc) is 3.10. The summed E-state index contributed by atoms with van der Waals surface area (Å²) in [5, 5.41) is 6.26. The minimum absolute atomic E-state index is 0.536. The number of rotatable bonds is 3. The highest BCUT2D eigenvalue weighted by molar-refractivity contribution is 5.59. The van der Waals surface area contributed by atoms with Crippen molar-refractivity contribution in [2.24, 2.45) is 5.73 Å². The Labute approximate surface area is 155 Å². The normalized spacial score (nSPS) is 16.1. The molecule has 2 aliphatic rings. The van der Waals surface area contributed by atoms with Gasteiger partial charge in [0.25, 0.3) is 0 Å². The number of nitrogens with two attached hydrogens (primary N) is 1. The molecule has 0 amide bonds. The van der Waals surface area contributed by atoms with Crippen LogP contribution in [0.5, 0.6) is 5.75 Å². The van der Waals surface area contributed by atoms with Gasteiger partial charge in [0.05, 0.1) is 6.61 Å². The lowest BCUT2D eigenvalue weighted by atomic mass is 9.97. The second-order valence-electron chi connectivity index (χ2n) is 6.91. The van der Waals surface area contributed by atoms with E-state index in [1.54, 1.807) is 0 Å². The van der Waals surface area contributed by atoms with Gasteiger partial charge in [0.2, 0.25) is 5.95 Å². The first-order valence-electron chi connectivity index (χ1n) is 9.46. The van der Waals surface area contributed by atoms with E-state index in [1.807, 2.05) is 32.2 Å². The lowest BCUT2D eigenvalue weighted by Crippen LogP contribution is -2.22. The summed E-state index contributed by atoms with van der Waals surface area (Å²) in [6, 6.07) is 8.50. The molecule has 1 saturated carbocycles. The van der Waals surface area contributed by atoms with Gasteiger partial charge in [-0.25, -0.2) is 4.98 Å². The molecule has 0 bridgehead atoms. The average molecular weight is 355 g/mol. The van der Waals surface area contributed by atoms with Crippen molar-refractivity contribution in [3.63, 3.8) is 0 Å². The molecular weight excluding hydrogens is 326 g/mol. The predicted molar refractivity (Wildman–Crippen MR) is 106 cm³/mol. The Morgan fingerprint density at radius 1 is 1.12 bits per heavy atom. The van der Waals surface area contributed by atoms with Crippen molar-refractivity contribution < 1.29 is 4.74 Å². The molecule has 1 fully saturated rings. The number of benzene rings is 1. The standard InChI is InChI=1S/C14H16N4O.C6H13N/c1-9-7-13(15-2)18-14(16-9)17-11-3-4-12-10(8-11)5-6-19-12;7-6-4-2-1-3-5-6/h3-4,7-8H,5-6H2,1-2H3,(H2,15,16,17,18);6H,1-5,7H2. The molecule has 6 nitrogen and oxygen atoms in total. The molecule has 0 spiro atoms. The van der Waals surface area contributed by atoms with Crippen molar-refractivity contribution in [3.05, 3.63) is 35.5 Å². The van der Waals surface area contributed by atoms with Gasteiger partial charge >= 0.3 is 0 Å². The number of hydrogen-bond donors (Lipinski definition) is 3. The van der Waals surface area contributed by atoms with Crippen molar-refractivity contribution in [1.29, 1.82) is 0 Å². The van der Waals surface area contributed by atoms with Crippen LogP contribution in [0.4, 0.5) is 17.5 Å². The van der Waals surface area contributed by atoms with Crippen LogP contribution in [-0.2, 0) is 6.42 Å². The summed E-state index contributed by atoms with van der Waals surface area (Å²) in [6.07, 6.45) is 7.62. The number of nitrogens with zero attached hydrogens (tertiary/aromatic N) is 2. The van der Waals surface area contributed by atoms with Crippen LogP contribution in [0.2, 0.25) is 0 Å². The zero-order chi connectivity index (χ0) is 18.4. The van der Waals surface area contributed by atoms with Crippen LogP contribution in [0.3, 0.4) is 0 Å². The van der Waals surface area contributed by atoms with Crippen LogP contribution in [0, 0.1) is 6.92 Å². The number of aromatic nitrogens is 2. The maximum Gasteiger partial charge on any atom is 0.229 e. The molecule has 1 aromatic heterocycles. The van der Waals surface area contributed by atoms with E-state index in [2.05, 4.69) is 26.7 Å².